The molecule has 2 aromatic rings. The molecule has 0 saturated carbocycles. The molecule has 0 radical (unpaired) electrons. The highest BCUT2D eigenvalue weighted by Gasteiger charge is 2.11. The van der Waals surface area contributed by atoms with E-state index in [-0.39, 0.29) is 5.91 Å². The van der Waals surface area contributed by atoms with Gasteiger partial charge in [0.2, 0.25) is 0 Å². The van der Waals surface area contributed by atoms with Crippen LogP contribution < -0.4 is 10.6 Å². The van der Waals surface area contributed by atoms with Gasteiger partial charge in [0.05, 0.1) is 12.2 Å². The number of anilines is 1. The van der Waals surface area contributed by atoms with E-state index in [2.05, 4.69) is 31.7 Å². The van der Waals surface area contributed by atoms with Gasteiger partial charge in [-0.05, 0) is 51.2 Å². The third-order valence-electron chi connectivity index (χ3n) is 4.36. The van der Waals surface area contributed by atoms with Crippen molar-refractivity contribution in [3.63, 3.8) is 0 Å². The van der Waals surface area contributed by atoms with Gasteiger partial charge in [0.15, 0.2) is 0 Å². The van der Waals surface area contributed by atoms with Crippen LogP contribution in [0.15, 0.2) is 42.1 Å². The molecule has 0 atom stereocenters. The number of hydrogen-bond acceptors (Lipinski definition) is 5. The van der Waals surface area contributed by atoms with E-state index in [9.17, 15) is 4.79 Å². The molecular weight excluding hydrogens is 326 g/mol. The molecule has 2 N–H and O–H groups in total. The molecule has 2 heterocycles. The molecule has 0 spiro atoms. The number of aromatic nitrogens is 3. The summed E-state index contributed by atoms with van der Waals surface area (Å²) in [6.07, 6.45) is 10.1. The molecule has 0 bridgehead atoms. The number of aryl methyl sites for hydroxylation is 1. The summed E-state index contributed by atoms with van der Waals surface area (Å²) in [6.45, 7) is 2.99. The zero-order valence-electron chi connectivity index (χ0n) is 15.2. The van der Waals surface area contributed by atoms with Crippen LogP contribution in [0.3, 0.4) is 0 Å². The Hall–Kier alpha value is -2.76. The number of nitrogens with one attached hydrogen (secondary N) is 2. The summed E-state index contributed by atoms with van der Waals surface area (Å²) in [4.78, 5) is 25.2. The van der Waals surface area contributed by atoms with Crippen molar-refractivity contribution in [2.75, 3.05) is 11.9 Å². The molecule has 1 amide bonds. The molecule has 0 unspecified atom stereocenters. The number of pyridine rings is 1. The Kier molecular flexibility index (Phi) is 6.30. The molecule has 136 valence electrons. The maximum Gasteiger partial charge on any atom is 0.270 e. The fraction of sp³-hybridized carbons (Fsp3) is 0.400. The van der Waals surface area contributed by atoms with Crippen molar-refractivity contribution in [1.82, 2.24) is 20.3 Å². The summed E-state index contributed by atoms with van der Waals surface area (Å²) >= 11 is 0. The van der Waals surface area contributed by atoms with Crippen LogP contribution in [0.5, 0.6) is 0 Å². The Morgan fingerprint density at radius 1 is 1.23 bits per heavy atom. The second-order valence-corrected chi connectivity index (χ2v) is 6.47. The molecule has 0 aliphatic heterocycles. The Bertz CT molecular complexity index is 773. The molecule has 26 heavy (non-hydrogen) atoms. The van der Waals surface area contributed by atoms with Gasteiger partial charge in [-0.3, -0.25) is 9.78 Å². The number of amides is 1. The summed E-state index contributed by atoms with van der Waals surface area (Å²) in [5.41, 5.74) is 2.70. The minimum Gasteiger partial charge on any atom is -0.370 e. The maximum atomic E-state index is 12.4. The number of hydrogen-bond donors (Lipinski definition) is 2. The van der Waals surface area contributed by atoms with Crippen LogP contribution in [-0.2, 0) is 6.54 Å². The van der Waals surface area contributed by atoms with Gasteiger partial charge >= 0.3 is 0 Å². The molecule has 3 rings (SSSR count). The first-order chi connectivity index (χ1) is 12.7. The molecule has 0 fully saturated rings. The first-order valence-electron chi connectivity index (χ1n) is 9.16. The number of carbonyl (C=O) groups is 1. The van der Waals surface area contributed by atoms with Crippen LogP contribution in [-0.4, -0.2) is 27.4 Å². The van der Waals surface area contributed by atoms with Crippen molar-refractivity contribution in [1.29, 1.82) is 0 Å². The molecule has 2 aromatic heterocycles. The Labute approximate surface area is 154 Å². The van der Waals surface area contributed by atoms with E-state index in [1.165, 1.54) is 31.3 Å². The fourth-order valence-corrected chi connectivity index (χ4v) is 3.02. The lowest BCUT2D eigenvalue weighted by atomic mass is 9.97. The maximum absolute atomic E-state index is 12.4. The van der Waals surface area contributed by atoms with Crippen LogP contribution in [0.4, 0.5) is 5.82 Å². The van der Waals surface area contributed by atoms with Gasteiger partial charge in [0.1, 0.15) is 17.3 Å². The highest BCUT2D eigenvalue weighted by atomic mass is 16.1. The lowest BCUT2D eigenvalue weighted by molar-refractivity contribution is 0.0945. The van der Waals surface area contributed by atoms with Crippen molar-refractivity contribution < 1.29 is 4.79 Å². The molecule has 1 aliphatic rings. The van der Waals surface area contributed by atoms with E-state index in [4.69, 9.17) is 0 Å². The number of allylic oxidation sites excluding steroid dienone is 1. The van der Waals surface area contributed by atoms with Gasteiger partial charge in [-0.15, -0.1) is 0 Å². The largest absolute Gasteiger partial charge is 0.370 e. The topological polar surface area (TPSA) is 79.8 Å². The van der Waals surface area contributed by atoms with Crippen LogP contribution in [0, 0.1) is 6.92 Å². The van der Waals surface area contributed by atoms with Gasteiger partial charge in [-0.25, -0.2) is 9.97 Å². The van der Waals surface area contributed by atoms with Crippen LogP contribution in [0.2, 0.25) is 0 Å². The van der Waals surface area contributed by atoms with E-state index in [0.717, 1.165) is 18.7 Å². The first-order valence-corrected chi connectivity index (χ1v) is 9.16. The van der Waals surface area contributed by atoms with Crippen molar-refractivity contribution in [3.05, 3.63) is 59.3 Å². The SMILES string of the molecule is Cc1nc(NCCC2=CCCCC2)cc(C(=O)NCc2ccccn2)n1. The highest BCUT2D eigenvalue weighted by Crippen LogP contribution is 2.20. The predicted octanol–water partition coefficient (Wildman–Crippen LogP) is 3.41. The van der Waals surface area contributed by atoms with E-state index in [0.29, 0.717) is 23.9 Å². The predicted molar refractivity (Wildman–Crippen MR) is 102 cm³/mol. The monoisotopic (exact) mass is 351 g/mol. The summed E-state index contributed by atoms with van der Waals surface area (Å²) in [5.74, 6) is 1.05. The zero-order chi connectivity index (χ0) is 18.2. The van der Waals surface area contributed by atoms with Crippen LogP contribution >= 0.6 is 0 Å². The normalized spacial score (nSPS) is 13.8. The van der Waals surface area contributed by atoms with Crippen molar-refractivity contribution in [2.45, 2.75) is 45.6 Å². The zero-order valence-corrected chi connectivity index (χ0v) is 15.2. The molecule has 1 aliphatic carbocycles. The first kappa shape index (κ1) is 18.0. The second kappa shape index (κ2) is 9.08. The Morgan fingerprint density at radius 3 is 2.92 bits per heavy atom. The minimum absolute atomic E-state index is 0.223. The third kappa shape index (κ3) is 5.37. The molecule has 6 nitrogen and oxygen atoms in total. The highest BCUT2D eigenvalue weighted by molar-refractivity contribution is 5.92. The lowest BCUT2D eigenvalue weighted by Crippen LogP contribution is -2.25. The minimum atomic E-state index is -0.223. The standard InChI is InChI=1S/C20H25N5O/c1-15-24-18(20(26)23-14-17-9-5-6-11-21-17)13-19(25-15)22-12-10-16-7-3-2-4-8-16/h5-7,9,11,13H,2-4,8,10,12,14H2,1H3,(H,23,26)(H,22,24,25). The third-order valence-corrected chi connectivity index (χ3v) is 4.36. The van der Waals surface area contributed by atoms with Gasteiger partial charge in [0.25, 0.3) is 5.91 Å². The molecular formula is C20H25N5O. The Morgan fingerprint density at radius 2 is 2.15 bits per heavy atom. The van der Waals surface area contributed by atoms with Gasteiger partial charge in [-0.2, -0.15) is 0 Å². The summed E-state index contributed by atoms with van der Waals surface area (Å²) in [5, 5.41) is 6.17. The number of rotatable bonds is 7. The van der Waals surface area contributed by atoms with Crippen LogP contribution in [0.1, 0.15) is 54.1 Å². The molecule has 0 saturated heterocycles. The van der Waals surface area contributed by atoms with Gasteiger partial charge < -0.3 is 10.6 Å². The fourth-order valence-electron chi connectivity index (χ4n) is 3.02. The summed E-state index contributed by atoms with van der Waals surface area (Å²) in [7, 11) is 0. The van der Waals surface area contributed by atoms with Gasteiger partial charge in [-0.1, -0.05) is 17.7 Å². The summed E-state index contributed by atoms with van der Waals surface area (Å²) < 4.78 is 0. The average molecular weight is 351 g/mol. The smallest absolute Gasteiger partial charge is 0.270 e. The quantitative estimate of drug-likeness (QED) is 0.747. The van der Waals surface area contributed by atoms with Crippen molar-refractivity contribution in [2.24, 2.45) is 0 Å². The van der Waals surface area contributed by atoms with E-state index in [1.807, 2.05) is 18.2 Å². The van der Waals surface area contributed by atoms with Gasteiger partial charge in [0, 0.05) is 18.8 Å². The number of carbonyl (C=O) groups excluding carboxylic acids is 1. The summed E-state index contributed by atoms with van der Waals surface area (Å²) in [6, 6.07) is 7.32. The Balaban J connectivity index is 1.56. The van der Waals surface area contributed by atoms with Crippen molar-refractivity contribution in [3.8, 4) is 0 Å². The van der Waals surface area contributed by atoms with E-state index in [1.54, 1.807) is 19.2 Å². The lowest BCUT2D eigenvalue weighted by Gasteiger charge is -2.13. The van der Waals surface area contributed by atoms with Crippen LogP contribution in [0.25, 0.3) is 0 Å². The molecule has 6 heteroatoms. The van der Waals surface area contributed by atoms with E-state index >= 15 is 0 Å². The van der Waals surface area contributed by atoms with E-state index < -0.39 is 0 Å². The molecule has 0 aromatic carbocycles. The second-order valence-electron chi connectivity index (χ2n) is 6.47. The number of nitrogens with zero attached hydrogens (tertiary/aromatic N) is 3. The average Bonchev–Trinajstić information content (AvgIpc) is 2.67. The van der Waals surface area contributed by atoms with Crippen molar-refractivity contribution >= 4 is 11.7 Å².